The molecule has 6 amide bonds. The van der Waals surface area contributed by atoms with Gasteiger partial charge in [0.05, 0.1) is 11.3 Å². The lowest BCUT2D eigenvalue weighted by Gasteiger charge is -2.29. The number of imide groups is 1. The smallest absolute Gasteiger partial charge is 0.407 e. The van der Waals surface area contributed by atoms with Crippen molar-refractivity contribution >= 4 is 70.7 Å². The lowest BCUT2D eigenvalue weighted by atomic mass is 9.81. The minimum Gasteiger partial charge on any atom is -0.458 e. The third-order valence-corrected chi connectivity index (χ3v) is 13.4. The molecule has 0 bridgehead atoms. The summed E-state index contributed by atoms with van der Waals surface area (Å²) in [7, 11) is 1.63. The van der Waals surface area contributed by atoms with Crippen LogP contribution >= 0.6 is 23.4 Å². The van der Waals surface area contributed by atoms with Crippen LogP contribution in [0.5, 0.6) is 0 Å². The fourth-order valence-corrected chi connectivity index (χ4v) is 9.26. The number of ketones is 1. The number of hydrogen-bond donors (Lipinski definition) is 4. The van der Waals surface area contributed by atoms with Crippen LogP contribution in [-0.2, 0) is 43.0 Å². The number of cyclic esters (lactones) is 1. The van der Waals surface area contributed by atoms with Gasteiger partial charge in [-0.1, -0.05) is 93.5 Å². The molecule has 17 heteroatoms. The van der Waals surface area contributed by atoms with Crippen molar-refractivity contribution in [1.29, 1.82) is 0 Å². The average molecular weight is 985 g/mol. The van der Waals surface area contributed by atoms with Gasteiger partial charge < -0.3 is 30.7 Å². The number of carbonyl (C=O) groups is 8. The Morgan fingerprint density at radius 3 is 2.34 bits per heavy atom. The summed E-state index contributed by atoms with van der Waals surface area (Å²) in [6.07, 6.45) is 19.5. The summed E-state index contributed by atoms with van der Waals surface area (Å²) in [6, 6.07) is -0.763. The maximum Gasteiger partial charge on any atom is 0.407 e. The first-order valence-corrected chi connectivity index (χ1v) is 25.2. The molecule has 0 aromatic heterocycles. The maximum atomic E-state index is 13.4. The summed E-state index contributed by atoms with van der Waals surface area (Å²) < 4.78 is 11.2. The molecule has 1 unspecified atom stereocenters. The monoisotopic (exact) mass is 983 g/mol. The van der Waals surface area contributed by atoms with E-state index in [9.17, 15) is 38.4 Å². The van der Waals surface area contributed by atoms with Crippen LogP contribution in [0.1, 0.15) is 119 Å². The van der Waals surface area contributed by atoms with Crippen LogP contribution in [0.15, 0.2) is 70.9 Å². The van der Waals surface area contributed by atoms with Gasteiger partial charge in [-0.25, -0.2) is 9.59 Å². The Morgan fingerprint density at radius 1 is 0.985 bits per heavy atom. The molecule has 0 radical (unpaired) electrons. The van der Waals surface area contributed by atoms with Crippen LogP contribution in [-0.4, -0.2) is 108 Å². The summed E-state index contributed by atoms with van der Waals surface area (Å²) in [6.45, 7) is 14.0. The van der Waals surface area contributed by atoms with Crippen molar-refractivity contribution in [2.24, 2.45) is 23.2 Å². The SMILES string of the molecule is CNC(=O)C1CCC(CN2C(=O)CC(SCCC(=O)NCCCNC(=O)O[C@H](C/C=C\CC(=O)[C@@H](NC(=O)\C=C/C=C\C(C)=C\[C@H](C)[C@@H]3CC=C(C)C(=O)O3)C(C)(C)C)C/C=C(\C)Cl)C2=O)CC1. The van der Waals surface area contributed by atoms with E-state index in [1.54, 1.807) is 51.3 Å². The number of likely N-dealkylation sites (tertiary alicyclic amines) is 1. The van der Waals surface area contributed by atoms with Crippen LogP contribution in [0, 0.1) is 23.2 Å². The second-order valence-corrected chi connectivity index (χ2v) is 20.8. The largest absolute Gasteiger partial charge is 0.458 e. The topological polar surface area (TPSA) is 206 Å². The van der Waals surface area contributed by atoms with E-state index in [0.717, 1.165) is 31.3 Å². The van der Waals surface area contributed by atoms with Crippen molar-refractivity contribution in [1.82, 2.24) is 26.2 Å². The van der Waals surface area contributed by atoms with Gasteiger partial charge >= 0.3 is 12.1 Å². The van der Waals surface area contributed by atoms with Crippen molar-refractivity contribution in [3.05, 3.63) is 70.9 Å². The molecular weight excluding hydrogens is 910 g/mol. The van der Waals surface area contributed by atoms with E-state index in [1.165, 1.54) is 22.7 Å². The number of rotatable bonds is 25. The number of alkyl carbamates (subject to hydrolysis) is 1. The Morgan fingerprint density at radius 2 is 1.68 bits per heavy atom. The Hall–Kier alpha value is -4.96. The number of thioether (sulfide) groups is 1. The highest BCUT2D eigenvalue weighted by molar-refractivity contribution is 8.00. The molecule has 3 rings (SSSR count). The predicted molar refractivity (Wildman–Crippen MR) is 266 cm³/mol. The molecule has 0 aromatic rings. The Kier molecular flexibility index (Phi) is 24.6. The van der Waals surface area contributed by atoms with Crippen LogP contribution in [0.3, 0.4) is 0 Å². The van der Waals surface area contributed by atoms with E-state index in [4.69, 9.17) is 21.1 Å². The molecule has 1 saturated heterocycles. The highest BCUT2D eigenvalue weighted by Crippen LogP contribution is 2.33. The molecule has 0 spiro atoms. The molecule has 4 N–H and O–H groups in total. The first kappa shape index (κ1) is 57.4. The van der Waals surface area contributed by atoms with Gasteiger partial charge in [-0.3, -0.25) is 33.7 Å². The molecule has 376 valence electrons. The summed E-state index contributed by atoms with van der Waals surface area (Å²) in [4.78, 5) is 102. The predicted octanol–water partition coefficient (Wildman–Crippen LogP) is 7.32. The van der Waals surface area contributed by atoms with Crippen molar-refractivity contribution in [3.63, 3.8) is 0 Å². The summed E-state index contributed by atoms with van der Waals surface area (Å²) >= 11 is 7.38. The van der Waals surface area contributed by atoms with Gasteiger partial charge in [0, 0.05) is 99.5 Å². The highest BCUT2D eigenvalue weighted by Gasteiger charge is 2.40. The van der Waals surface area contributed by atoms with E-state index >= 15 is 0 Å². The zero-order chi connectivity index (χ0) is 50.4. The minimum atomic E-state index is -0.763. The van der Waals surface area contributed by atoms with Gasteiger partial charge in [-0.2, -0.15) is 0 Å². The van der Waals surface area contributed by atoms with Gasteiger partial charge in [0.25, 0.3) is 0 Å². The first-order chi connectivity index (χ1) is 32.2. The third-order valence-electron chi connectivity index (χ3n) is 12.1. The molecule has 68 heavy (non-hydrogen) atoms. The zero-order valence-corrected chi connectivity index (χ0v) is 42.7. The first-order valence-electron chi connectivity index (χ1n) is 23.8. The number of nitrogens with zero attached hydrogens (tertiary/aromatic N) is 1. The average Bonchev–Trinajstić information content (AvgIpc) is 3.54. The van der Waals surface area contributed by atoms with Crippen molar-refractivity contribution in [2.75, 3.05) is 32.4 Å². The van der Waals surface area contributed by atoms with Crippen LogP contribution in [0.4, 0.5) is 4.79 Å². The molecule has 2 aliphatic heterocycles. The number of esters is 1. The molecule has 5 atom stereocenters. The van der Waals surface area contributed by atoms with E-state index in [-0.39, 0.29) is 85.0 Å². The van der Waals surface area contributed by atoms with Crippen LogP contribution < -0.4 is 21.3 Å². The summed E-state index contributed by atoms with van der Waals surface area (Å²) in [5.74, 6) is -0.859. The summed E-state index contributed by atoms with van der Waals surface area (Å²) in [5.41, 5.74) is 1.00. The number of halogens is 1. The molecule has 0 aromatic carbocycles. The highest BCUT2D eigenvalue weighted by atomic mass is 35.5. The molecule has 1 saturated carbocycles. The Bertz CT molecular complexity index is 1980. The van der Waals surface area contributed by atoms with E-state index in [0.29, 0.717) is 55.1 Å². The van der Waals surface area contributed by atoms with E-state index in [2.05, 4.69) is 21.3 Å². The van der Waals surface area contributed by atoms with E-state index in [1.807, 2.05) is 52.8 Å². The van der Waals surface area contributed by atoms with Gasteiger partial charge in [0.15, 0.2) is 5.78 Å². The zero-order valence-electron chi connectivity index (χ0n) is 41.2. The normalized spacial score (nSPS) is 21.9. The molecule has 3 aliphatic rings. The molecule has 2 heterocycles. The van der Waals surface area contributed by atoms with Crippen LogP contribution in [0.2, 0.25) is 0 Å². The Balaban J connectivity index is 1.35. The number of amides is 6. The maximum absolute atomic E-state index is 13.4. The van der Waals surface area contributed by atoms with Crippen molar-refractivity contribution in [3.8, 4) is 0 Å². The third kappa shape index (κ3) is 20.7. The number of allylic oxidation sites excluding steroid dienone is 6. The second kappa shape index (κ2) is 29.2. The Labute approximate surface area is 412 Å². The van der Waals surface area contributed by atoms with Crippen molar-refractivity contribution < 1.29 is 47.8 Å². The number of ether oxygens (including phenoxy) is 2. The fourth-order valence-electron chi connectivity index (χ4n) is 8.05. The van der Waals surface area contributed by atoms with Gasteiger partial charge in [-0.05, 0) is 64.2 Å². The van der Waals surface area contributed by atoms with Gasteiger partial charge in [0.2, 0.25) is 29.5 Å². The molecular formula is C51H74ClN5O10S. The quantitative estimate of drug-likeness (QED) is 0.0178. The van der Waals surface area contributed by atoms with Crippen molar-refractivity contribution in [2.45, 2.75) is 143 Å². The molecule has 15 nitrogen and oxygen atoms in total. The number of nitrogens with one attached hydrogen (secondary N) is 4. The van der Waals surface area contributed by atoms with Gasteiger partial charge in [0.1, 0.15) is 12.2 Å². The summed E-state index contributed by atoms with van der Waals surface area (Å²) in [5, 5.41) is 11.1. The standard InChI is InChI=1S/C51H74ClN5O10S/c1-33(30-35(3)41-25-18-34(2)49(64)67-41)14-9-12-17-44(60)56-46(51(5,6)7)40(58)16-11-10-15-39(24-19-36(4)52)66-50(65)55-28-13-27-54-43(59)26-29-68-42-31-45(61)57(48(42)63)32-37-20-22-38(23-21-37)47(62)53-8/h9-12,14,17-19,30,35,37-39,41-42,46H,13,15-16,20-29,31-32H2,1-8H3,(H,53,62)(H,54,59)(H,55,65)(H,56,60)/b11-10-,14-9-,17-12-,33-30+,36-19+/t35-,37?,38?,39+,41-,42?,46+/m0/s1. The number of Topliss-reactive ketones (excluding diaryl/α,β-unsaturated/α-hetero) is 1. The second-order valence-electron chi connectivity index (χ2n) is 18.9. The molecule has 1 aliphatic carbocycles. The molecule has 2 fully saturated rings. The lowest BCUT2D eigenvalue weighted by molar-refractivity contribution is -0.147. The number of carbonyl (C=O) groups excluding carboxylic acids is 8. The van der Waals surface area contributed by atoms with Gasteiger partial charge in [-0.15, -0.1) is 11.8 Å². The number of hydrogen-bond acceptors (Lipinski definition) is 11. The van der Waals surface area contributed by atoms with Crippen LogP contribution in [0.25, 0.3) is 0 Å². The minimum absolute atomic E-state index is 0.0123. The fraction of sp³-hybridized carbons (Fsp3) is 0.608. The van der Waals surface area contributed by atoms with E-state index < -0.39 is 34.8 Å². The lowest BCUT2D eigenvalue weighted by Crippen LogP contribution is -2.48.